The number of nitrogens with two attached hydrogens (primary N) is 1. The first kappa shape index (κ1) is 14.7. The van der Waals surface area contributed by atoms with Crippen LogP contribution in [0, 0.1) is 0 Å². The summed E-state index contributed by atoms with van der Waals surface area (Å²) in [7, 11) is 0. The Morgan fingerprint density at radius 1 is 1.30 bits per heavy atom. The van der Waals surface area contributed by atoms with Crippen molar-refractivity contribution in [1.29, 1.82) is 0 Å². The van der Waals surface area contributed by atoms with Gasteiger partial charge in [0, 0.05) is 28.7 Å². The van der Waals surface area contributed by atoms with E-state index in [-0.39, 0.29) is 5.54 Å². The van der Waals surface area contributed by atoms with Crippen LogP contribution in [0.4, 0.5) is 0 Å². The van der Waals surface area contributed by atoms with E-state index in [1.165, 1.54) is 24.3 Å². The lowest BCUT2D eigenvalue weighted by molar-refractivity contribution is 0.326. The summed E-state index contributed by atoms with van der Waals surface area (Å²) < 4.78 is 5.47. The van der Waals surface area contributed by atoms with Gasteiger partial charge in [0.15, 0.2) is 5.82 Å². The lowest BCUT2D eigenvalue weighted by Gasteiger charge is -2.27. The van der Waals surface area contributed by atoms with Crippen LogP contribution >= 0.6 is 23.5 Å². The molecule has 0 bridgehead atoms. The quantitative estimate of drug-likeness (QED) is 0.921. The van der Waals surface area contributed by atoms with Gasteiger partial charge in [-0.3, -0.25) is 0 Å². The number of rotatable bonds is 4. The molecule has 0 aromatic carbocycles. The molecule has 2 aliphatic rings. The number of hydrogen-bond acceptors (Lipinski definition) is 6. The average molecular weight is 313 g/mol. The zero-order valence-electron chi connectivity index (χ0n) is 12.0. The van der Waals surface area contributed by atoms with Gasteiger partial charge < -0.3 is 10.3 Å². The highest BCUT2D eigenvalue weighted by Crippen LogP contribution is 2.43. The van der Waals surface area contributed by atoms with E-state index >= 15 is 0 Å². The van der Waals surface area contributed by atoms with Gasteiger partial charge in [-0.05, 0) is 19.3 Å². The summed E-state index contributed by atoms with van der Waals surface area (Å²) in [6, 6.07) is 0. The number of aromatic nitrogens is 2. The van der Waals surface area contributed by atoms with Crippen LogP contribution in [0.5, 0.6) is 0 Å². The molecule has 2 N–H and O–H groups in total. The fourth-order valence-corrected chi connectivity index (χ4v) is 6.14. The van der Waals surface area contributed by atoms with Gasteiger partial charge in [-0.1, -0.05) is 24.9 Å². The fraction of sp³-hybridized carbons (Fsp3) is 0.857. The van der Waals surface area contributed by atoms with E-state index in [2.05, 4.69) is 17.1 Å². The van der Waals surface area contributed by atoms with Gasteiger partial charge in [-0.15, -0.1) is 11.8 Å². The van der Waals surface area contributed by atoms with Crippen molar-refractivity contribution in [2.24, 2.45) is 5.73 Å². The Kier molecular flexibility index (Phi) is 4.62. The van der Waals surface area contributed by atoms with Crippen LogP contribution < -0.4 is 5.73 Å². The Morgan fingerprint density at radius 3 is 2.80 bits per heavy atom. The molecule has 0 radical (unpaired) electrons. The maximum Gasteiger partial charge on any atom is 0.228 e. The van der Waals surface area contributed by atoms with Gasteiger partial charge in [0.25, 0.3) is 0 Å². The van der Waals surface area contributed by atoms with E-state index < -0.39 is 0 Å². The second kappa shape index (κ2) is 6.28. The predicted molar refractivity (Wildman–Crippen MR) is 85.1 cm³/mol. The highest BCUT2D eigenvalue weighted by atomic mass is 32.2. The van der Waals surface area contributed by atoms with Gasteiger partial charge in [-0.25, -0.2) is 0 Å². The van der Waals surface area contributed by atoms with Gasteiger partial charge >= 0.3 is 0 Å². The molecule has 2 unspecified atom stereocenters. The molecular weight excluding hydrogens is 290 g/mol. The molecule has 1 aromatic rings. The van der Waals surface area contributed by atoms with Crippen LogP contribution in [0.3, 0.4) is 0 Å². The minimum Gasteiger partial charge on any atom is -0.339 e. The Balaban J connectivity index is 1.69. The topological polar surface area (TPSA) is 64.9 Å². The first-order valence-electron chi connectivity index (χ1n) is 7.55. The second-order valence-corrected chi connectivity index (χ2v) is 8.50. The molecule has 1 saturated heterocycles. The van der Waals surface area contributed by atoms with Crippen LogP contribution in [-0.4, -0.2) is 32.4 Å². The van der Waals surface area contributed by atoms with Crippen LogP contribution in [0.2, 0.25) is 0 Å². The van der Waals surface area contributed by atoms with Crippen LogP contribution in [0.15, 0.2) is 4.52 Å². The van der Waals surface area contributed by atoms with E-state index in [1.54, 1.807) is 0 Å². The molecule has 1 aliphatic carbocycles. The second-order valence-electron chi connectivity index (χ2n) is 5.90. The average Bonchev–Trinajstić information content (AvgIpc) is 3.08. The summed E-state index contributed by atoms with van der Waals surface area (Å²) in [6.45, 7) is 2.24. The van der Waals surface area contributed by atoms with Crippen molar-refractivity contribution in [1.82, 2.24) is 10.1 Å². The highest BCUT2D eigenvalue weighted by Gasteiger charge is 2.34. The summed E-state index contributed by atoms with van der Waals surface area (Å²) in [4.78, 5) is 4.65. The van der Waals surface area contributed by atoms with Gasteiger partial charge in [0.1, 0.15) is 0 Å². The molecule has 4 nitrogen and oxygen atoms in total. The highest BCUT2D eigenvalue weighted by molar-refractivity contribution is 8.06. The molecule has 1 aromatic heterocycles. The SMILES string of the molecule is CCC1SCCSC1c1noc(CC2(N)CCCC2)n1. The predicted octanol–water partition coefficient (Wildman–Crippen LogP) is 3.18. The third-order valence-electron chi connectivity index (χ3n) is 4.29. The minimum atomic E-state index is -0.109. The van der Waals surface area contributed by atoms with Crippen molar-refractivity contribution in [3.8, 4) is 0 Å². The molecule has 1 saturated carbocycles. The zero-order chi connectivity index (χ0) is 14.0. The molecule has 2 heterocycles. The molecule has 1 aliphatic heterocycles. The summed E-state index contributed by atoms with van der Waals surface area (Å²) >= 11 is 4.01. The maximum atomic E-state index is 6.40. The molecule has 0 amide bonds. The molecule has 0 spiro atoms. The van der Waals surface area contributed by atoms with Crippen molar-refractivity contribution in [2.75, 3.05) is 11.5 Å². The van der Waals surface area contributed by atoms with Gasteiger partial charge in [0.05, 0.1) is 5.25 Å². The Morgan fingerprint density at radius 2 is 2.05 bits per heavy atom. The third-order valence-corrected chi connectivity index (χ3v) is 7.54. The first-order chi connectivity index (χ1) is 9.70. The van der Waals surface area contributed by atoms with E-state index in [0.29, 0.717) is 10.5 Å². The van der Waals surface area contributed by atoms with E-state index in [9.17, 15) is 0 Å². The zero-order valence-corrected chi connectivity index (χ0v) is 13.6. The Hall–Kier alpha value is -0.200. The lowest BCUT2D eigenvalue weighted by Crippen LogP contribution is -2.38. The number of thioether (sulfide) groups is 2. The molecule has 2 atom stereocenters. The van der Waals surface area contributed by atoms with Crippen molar-refractivity contribution in [3.63, 3.8) is 0 Å². The lowest BCUT2D eigenvalue weighted by atomic mass is 9.95. The molecule has 3 rings (SSSR count). The number of hydrogen-bond donors (Lipinski definition) is 1. The summed E-state index contributed by atoms with van der Waals surface area (Å²) in [6.07, 6.45) is 6.51. The Bertz CT molecular complexity index is 445. The van der Waals surface area contributed by atoms with Crippen LogP contribution in [0.25, 0.3) is 0 Å². The van der Waals surface area contributed by atoms with Crippen molar-refractivity contribution in [2.45, 2.75) is 61.5 Å². The van der Waals surface area contributed by atoms with Crippen molar-refractivity contribution >= 4 is 23.5 Å². The van der Waals surface area contributed by atoms with E-state index in [0.717, 1.165) is 37.4 Å². The monoisotopic (exact) mass is 313 g/mol. The third kappa shape index (κ3) is 3.17. The van der Waals surface area contributed by atoms with E-state index in [1.807, 2.05) is 23.5 Å². The van der Waals surface area contributed by atoms with Crippen molar-refractivity contribution in [3.05, 3.63) is 11.7 Å². The molecular formula is C14H23N3OS2. The summed E-state index contributed by atoms with van der Waals surface area (Å²) in [5, 5.41) is 5.23. The molecule has 6 heteroatoms. The first-order valence-corrected chi connectivity index (χ1v) is 9.64. The smallest absolute Gasteiger partial charge is 0.228 e. The normalized spacial score (nSPS) is 29.7. The standard InChI is InChI=1S/C14H23N3OS2/c1-2-10-12(20-8-7-19-10)13-16-11(18-17-13)9-14(15)5-3-4-6-14/h10,12H,2-9,15H2,1H3. The summed E-state index contributed by atoms with van der Waals surface area (Å²) in [5.41, 5.74) is 6.29. The Labute approximate surface area is 129 Å². The number of nitrogens with zero attached hydrogens (tertiary/aromatic N) is 2. The largest absolute Gasteiger partial charge is 0.339 e. The molecule has 112 valence electrons. The molecule has 20 heavy (non-hydrogen) atoms. The van der Waals surface area contributed by atoms with Crippen molar-refractivity contribution < 1.29 is 4.52 Å². The van der Waals surface area contributed by atoms with Gasteiger partial charge in [0.2, 0.25) is 5.89 Å². The van der Waals surface area contributed by atoms with Crippen LogP contribution in [0.1, 0.15) is 56.0 Å². The maximum absolute atomic E-state index is 6.40. The van der Waals surface area contributed by atoms with Gasteiger partial charge in [-0.2, -0.15) is 16.7 Å². The molecule has 2 fully saturated rings. The fourth-order valence-electron chi connectivity index (χ4n) is 3.15. The van der Waals surface area contributed by atoms with E-state index in [4.69, 9.17) is 10.3 Å². The summed E-state index contributed by atoms with van der Waals surface area (Å²) in [5.74, 6) is 4.02. The van der Waals surface area contributed by atoms with Crippen LogP contribution in [-0.2, 0) is 6.42 Å². The minimum absolute atomic E-state index is 0.109.